The van der Waals surface area contributed by atoms with E-state index in [9.17, 15) is 18.7 Å². The summed E-state index contributed by atoms with van der Waals surface area (Å²) in [6.45, 7) is 0.669. The minimum atomic E-state index is -2.63. The zero-order valence-electron chi connectivity index (χ0n) is 17.7. The standard InChI is InChI=1S/C24H22F2N4O2/c1-28-13-20(24(31)32)18-9-16(5-6-21(18)28)30-7-3-4-14-8-17(15-11-27-29(2)12-15)19(23(25)26)10-22(14)30/h5-6,8-13,23H,3-4,7H2,1-2H3,(H,31,32). The smallest absolute Gasteiger partial charge is 0.337 e. The number of carboxylic acid groups (broad SMARTS) is 1. The first kappa shape index (κ1) is 20.2. The molecule has 8 heteroatoms. The van der Waals surface area contributed by atoms with Crippen molar-refractivity contribution in [1.29, 1.82) is 0 Å². The first-order valence-electron chi connectivity index (χ1n) is 10.4. The van der Waals surface area contributed by atoms with Crippen LogP contribution in [0.5, 0.6) is 0 Å². The molecule has 0 atom stereocenters. The lowest BCUT2D eigenvalue weighted by atomic mass is 9.92. The summed E-state index contributed by atoms with van der Waals surface area (Å²) in [6.07, 6.45) is 3.96. The molecule has 0 aliphatic carbocycles. The van der Waals surface area contributed by atoms with Crippen LogP contribution in [0.2, 0.25) is 0 Å². The van der Waals surface area contributed by atoms with Gasteiger partial charge in [0.25, 0.3) is 6.43 Å². The number of fused-ring (bicyclic) bond motifs is 2. The molecule has 0 spiro atoms. The highest BCUT2D eigenvalue weighted by Crippen LogP contribution is 2.42. The van der Waals surface area contributed by atoms with Crippen molar-refractivity contribution in [3.8, 4) is 11.1 Å². The van der Waals surface area contributed by atoms with E-state index in [0.717, 1.165) is 35.3 Å². The Labute approximate surface area is 183 Å². The number of nitrogens with zero attached hydrogens (tertiary/aromatic N) is 4. The maximum absolute atomic E-state index is 14.1. The number of hydrogen-bond donors (Lipinski definition) is 1. The van der Waals surface area contributed by atoms with Crippen LogP contribution in [-0.4, -0.2) is 32.0 Å². The second-order valence-electron chi connectivity index (χ2n) is 8.19. The van der Waals surface area contributed by atoms with E-state index in [1.807, 2.05) is 29.2 Å². The molecular weight excluding hydrogens is 414 g/mol. The molecule has 1 aliphatic heterocycles. The molecule has 1 N–H and O–H groups in total. The molecule has 6 nitrogen and oxygen atoms in total. The molecule has 4 aromatic rings. The second-order valence-corrected chi connectivity index (χ2v) is 8.19. The van der Waals surface area contributed by atoms with E-state index < -0.39 is 12.4 Å². The normalized spacial score (nSPS) is 13.7. The van der Waals surface area contributed by atoms with Crippen LogP contribution >= 0.6 is 0 Å². The predicted octanol–water partition coefficient (Wildman–Crippen LogP) is 5.30. The van der Waals surface area contributed by atoms with Gasteiger partial charge in [0.1, 0.15) is 0 Å². The average Bonchev–Trinajstić information content (AvgIpc) is 3.35. The molecule has 164 valence electrons. The molecule has 0 bridgehead atoms. The van der Waals surface area contributed by atoms with Crippen molar-refractivity contribution in [2.45, 2.75) is 19.3 Å². The Bertz CT molecular complexity index is 1360. The summed E-state index contributed by atoms with van der Waals surface area (Å²) in [5.41, 5.74) is 4.69. The second kappa shape index (κ2) is 7.47. The molecule has 5 rings (SSSR count). The Hall–Kier alpha value is -3.68. The molecule has 0 saturated heterocycles. The number of rotatable bonds is 4. The molecule has 32 heavy (non-hydrogen) atoms. The number of carboxylic acids is 1. The van der Waals surface area contributed by atoms with Crippen molar-refractivity contribution in [2.24, 2.45) is 14.1 Å². The van der Waals surface area contributed by atoms with Crippen molar-refractivity contribution in [1.82, 2.24) is 14.3 Å². The fourth-order valence-corrected chi connectivity index (χ4v) is 4.63. The van der Waals surface area contributed by atoms with Gasteiger partial charge >= 0.3 is 5.97 Å². The van der Waals surface area contributed by atoms with Crippen LogP contribution in [0.4, 0.5) is 20.2 Å². The Morgan fingerprint density at radius 2 is 1.97 bits per heavy atom. The minimum absolute atomic E-state index is 0.0318. The van der Waals surface area contributed by atoms with Gasteiger partial charge in [0, 0.05) is 66.4 Å². The number of aromatic carboxylic acids is 1. The largest absolute Gasteiger partial charge is 0.478 e. The van der Waals surface area contributed by atoms with Gasteiger partial charge in [-0.05, 0) is 54.3 Å². The van der Waals surface area contributed by atoms with Crippen molar-refractivity contribution in [2.75, 3.05) is 11.4 Å². The van der Waals surface area contributed by atoms with E-state index in [-0.39, 0.29) is 11.1 Å². The molecule has 0 fully saturated rings. The molecule has 2 aromatic carbocycles. The molecule has 1 aliphatic rings. The van der Waals surface area contributed by atoms with Crippen molar-refractivity contribution in [3.05, 3.63) is 65.6 Å². The molecule has 0 amide bonds. The third-order valence-electron chi connectivity index (χ3n) is 6.14. The van der Waals surface area contributed by atoms with Crippen LogP contribution in [0.1, 0.15) is 34.3 Å². The summed E-state index contributed by atoms with van der Waals surface area (Å²) >= 11 is 0. The van der Waals surface area contributed by atoms with Gasteiger partial charge < -0.3 is 14.6 Å². The number of aryl methyl sites for hydroxylation is 3. The van der Waals surface area contributed by atoms with E-state index in [1.165, 1.54) is 0 Å². The zero-order chi connectivity index (χ0) is 22.6. The van der Waals surface area contributed by atoms with Crippen LogP contribution in [0.3, 0.4) is 0 Å². The summed E-state index contributed by atoms with van der Waals surface area (Å²) < 4.78 is 31.5. The summed E-state index contributed by atoms with van der Waals surface area (Å²) in [4.78, 5) is 13.7. The summed E-state index contributed by atoms with van der Waals surface area (Å²) in [7, 11) is 3.57. The van der Waals surface area contributed by atoms with Crippen molar-refractivity contribution in [3.63, 3.8) is 0 Å². The van der Waals surface area contributed by atoms with Gasteiger partial charge in [-0.25, -0.2) is 13.6 Å². The lowest BCUT2D eigenvalue weighted by Crippen LogP contribution is -2.25. The number of aromatic nitrogens is 3. The van der Waals surface area contributed by atoms with Crippen LogP contribution in [0, 0.1) is 0 Å². The first-order valence-corrected chi connectivity index (χ1v) is 10.4. The van der Waals surface area contributed by atoms with E-state index >= 15 is 0 Å². The Balaban J connectivity index is 1.66. The van der Waals surface area contributed by atoms with Crippen molar-refractivity contribution >= 4 is 28.2 Å². The van der Waals surface area contributed by atoms with Crippen LogP contribution < -0.4 is 4.90 Å². The van der Waals surface area contributed by atoms with Gasteiger partial charge in [-0.3, -0.25) is 4.68 Å². The van der Waals surface area contributed by atoms with E-state index in [2.05, 4.69) is 5.10 Å². The summed E-state index contributed by atoms with van der Waals surface area (Å²) in [5, 5.41) is 14.3. The van der Waals surface area contributed by atoms with Gasteiger partial charge in [0.2, 0.25) is 0 Å². The van der Waals surface area contributed by atoms with Gasteiger partial charge in [0.05, 0.1) is 11.8 Å². The number of carbonyl (C=O) groups is 1. The number of anilines is 2. The quantitative estimate of drug-likeness (QED) is 0.472. The molecule has 0 unspecified atom stereocenters. The van der Waals surface area contributed by atoms with E-state index in [0.29, 0.717) is 23.1 Å². The lowest BCUT2D eigenvalue weighted by molar-refractivity contribution is 0.0698. The van der Waals surface area contributed by atoms with Gasteiger partial charge in [-0.2, -0.15) is 5.10 Å². The van der Waals surface area contributed by atoms with Gasteiger partial charge in [-0.1, -0.05) is 0 Å². The third kappa shape index (κ3) is 3.23. The highest BCUT2D eigenvalue weighted by atomic mass is 19.3. The molecular formula is C24H22F2N4O2. The maximum Gasteiger partial charge on any atom is 0.337 e. The number of halogens is 2. The molecule has 2 aromatic heterocycles. The highest BCUT2D eigenvalue weighted by molar-refractivity contribution is 6.04. The van der Waals surface area contributed by atoms with Crippen LogP contribution in [0.15, 0.2) is 48.9 Å². The lowest BCUT2D eigenvalue weighted by Gasteiger charge is -2.32. The van der Waals surface area contributed by atoms with Crippen molar-refractivity contribution < 1.29 is 18.7 Å². The topological polar surface area (TPSA) is 63.3 Å². The monoisotopic (exact) mass is 436 g/mol. The number of benzene rings is 2. The number of alkyl halides is 2. The van der Waals surface area contributed by atoms with E-state index in [1.54, 1.807) is 48.0 Å². The summed E-state index contributed by atoms with van der Waals surface area (Å²) in [5.74, 6) is -0.993. The molecule has 0 saturated carbocycles. The van der Waals surface area contributed by atoms with Gasteiger partial charge in [-0.15, -0.1) is 0 Å². The van der Waals surface area contributed by atoms with Gasteiger partial charge in [0.15, 0.2) is 0 Å². The minimum Gasteiger partial charge on any atom is -0.478 e. The Morgan fingerprint density at radius 1 is 1.16 bits per heavy atom. The Morgan fingerprint density at radius 3 is 2.66 bits per heavy atom. The van der Waals surface area contributed by atoms with Crippen LogP contribution in [0.25, 0.3) is 22.0 Å². The molecule has 3 heterocycles. The molecule has 0 radical (unpaired) electrons. The maximum atomic E-state index is 14.1. The zero-order valence-corrected chi connectivity index (χ0v) is 17.7. The number of hydrogen-bond acceptors (Lipinski definition) is 3. The fourth-order valence-electron chi connectivity index (χ4n) is 4.63. The SMILES string of the molecule is Cn1cc(-c2cc3c(cc2C(F)F)N(c2ccc4c(c2)c(C(=O)O)cn4C)CCC3)cn1. The summed E-state index contributed by atoms with van der Waals surface area (Å²) in [6, 6.07) is 9.06. The predicted molar refractivity (Wildman–Crippen MR) is 119 cm³/mol. The van der Waals surface area contributed by atoms with Crippen LogP contribution in [-0.2, 0) is 20.5 Å². The van der Waals surface area contributed by atoms with E-state index in [4.69, 9.17) is 0 Å². The first-order chi connectivity index (χ1) is 15.3. The highest BCUT2D eigenvalue weighted by Gasteiger charge is 2.25. The Kier molecular flexibility index (Phi) is 4.73. The fraction of sp³-hybridized carbons (Fsp3) is 0.250. The average molecular weight is 436 g/mol. The third-order valence-corrected chi connectivity index (χ3v) is 6.14.